The van der Waals surface area contributed by atoms with E-state index in [2.05, 4.69) is 0 Å². The minimum absolute atomic E-state index is 0.00647. The van der Waals surface area contributed by atoms with Crippen molar-refractivity contribution in [3.05, 3.63) is 23.8 Å². The standard InChI is InChI=1S/C14H18ClNO4S/c1-20-12-5-6-14-13(7-12)10(3-4-11(17)8-15)9-16(14)21(2,18)19/h5-7,10H,3-4,8-9H2,1-2H3. The van der Waals surface area contributed by atoms with Gasteiger partial charge in [-0.15, -0.1) is 11.6 Å². The molecular formula is C14H18ClNO4S. The lowest BCUT2D eigenvalue weighted by Crippen LogP contribution is -2.28. The van der Waals surface area contributed by atoms with E-state index in [0.29, 0.717) is 30.8 Å². The Morgan fingerprint density at radius 2 is 2.19 bits per heavy atom. The van der Waals surface area contributed by atoms with Crippen LogP contribution in [-0.4, -0.2) is 40.0 Å². The van der Waals surface area contributed by atoms with Gasteiger partial charge in [0.05, 0.1) is 24.9 Å². The van der Waals surface area contributed by atoms with Gasteiger partial charge in [0.2, 0.25) is 10.0 Å². The Bertz CT molecular complexity index is 644. The van der Waals surface area contributed by atoms with E-state index in [1.165, 1.54) is 10.6 Å². The van der Waals surface area contributed by atoms with Crippen LogP contribution in [0.1, 0.15) is 24.3 Å². The van der Waals surface area contributed by atoms with Crippen LogP contribution in [0.2, 0.25) is 0 Å². The number of anilines is 1. The molecular weight excluding hydrogens is 314 g/mol. The Hall–Kier alpha value is -1.27. The Labute approximate surface area is 129 Å². The van der Waals surface area contributed by atoms with Crippen LogP contribution in [0.15, 0.2) is 18.2 Å². The molecule has 0 spiro atoms. The zero-order valence-electron chi connectivity index (χ0n) is 12.0. The van der Waals surface area contributed by atoms with Gasteiger partial charge in [-0.3, -0.25) is 9.10 Å². The summed E-state index contributed by atoms with van der Waals surface area (Å²) >= 11 is 5.51. The average molecular weight is 332 g/mol. The van der Waals surface area contributed by atoms with Crippen molar-refractivity contribution in [3.63, 3.8) is 0 Å². The fraction of sp³-hybridized carbons (Fsp3) is 0.500. The molecule has 2 rings (SSSR count). The minimum Gasteiger partial charge on any atom is -0.497 e. The second kappa shape index (κ2) is 6.23. The number of carbonyl (C=O) groups excluding carboxylic acids is 1. The molecule has 7 heteroatoms. The summed E-state index contributed by atoms with van der Waals surface area (Å²) in [6, 6.07) is 5.33. The van der Waals surface area contributed by atoms with E-state index in [1.54, 1.807) is 19.2 Å². The summed E-state index contributed by atoms with van der Waals surface area (Å²) in [5.74, 6) is 0.627. The van der Waals surface area contributed by atoms with Crippen LogP contribution in [0, 0.1) is 0 Å². The number of hydrogen-bond acceptors (Lipinski definition) is 4. The second-order valence-electron chi connectivity index (χ2n) is 5.13. The summed E-state index contributed by atoms with van der Waals surface area (Å²) in [6.07, 6.45) is 2.12. The molecule has 0 aliphatic carbocycles. The Kier molecular flexibility index (Phi) is 4.78. The maximum atomic E-state index is 11.9. The van der Waals surface area contributed by atoms with Crippen LogP contribution in [0.3, 0.4) is 0 Å². The molecule has 0 radical (unpaired) electrons. The number of hydrogen-bond donors (Lipinski definition) is 0. The SMILES string of the molecule is COc1ccc2c(c1)C(CCC(=O)CCl)CN2S(C)(=O)=O. The van der Waals surface area contributed by atoms with E-state index in [4.69, 9.17) is 16.3 Å². The van der Waals surface area contributed by atoms with Crippen molar-refractivity contribution in [1.29, 1.82) is 0 Å². The number of sulfonamides is 1. The summed E-state index contributed by atoms with van der Waals surface area (Å²) in [5, 5.41) is 0. The molecule has 1 heterocycles. The molecule has 1 unspecified atom stereocenters. The summed E-state index contributed by atoms with van der Waals surface area (Å²) < 4.78 is 30.4. The maximum absolute atomic E-state index is 11.9. The largest absolute Gasteiger partial charge is 0.497 e. The van der Waals surface area contributed by atoms with Crippen LogP contribution in [0.4, 0.5) is 5.69 Å². The van der Waals surface area contributed by atoms with E-state index in [0.717, 1.165) is 5.56 Å². The third-order valence-electron chi connectivity index (χ3n) is 3.65. The highest BCUT2D eigenvalue weighted by Crippen LogP contribution is 2.41. The number of carbonyl (C=O) groups is 1. The summed E-state index contributed by atoms with van der Waals surface area (Å²) in [5.41, 5.74) is 1.57. The molecule has 1 aromatic rings. The first-order valence-corrected chi connectivity index (χ1v) is 8.98. The van der Waals surface area contributed by atoms with E-state index in [-0.39, 0.29) is 17.6 Å². The number of fused-ring (bicyclic) bond motifs is 1. The molecule has 0 saturated heterocycles. The summed E-state index contributed by atoms with van der Waals surface area (Å²) in [6.45, 7) is 0.358. The molecule has 0 N–H and O–H groups in total. The van der Waals surface area contributed by atoms with Crippen molar-refractivity contribution >= 4 is 33.1 Å². The lowest BCUT2D eigenvalue weighted by atomic mass is 9.95. The lowest BCUT2D eigenvalue weighted by molar-refractivity contribution is -0.116. The van der Waals surface area contributed by atoms with Gasteiger partial charge < -0.3 is 4.74 Å². The molecule has 0 saturated carbocycles. The summed E-state index contributed by atoms with van der Waals surface area (Å²) in [4.78, 5) is 11.4. The number of rotatable bonds is 6. The highest BCUT2D eigenvalue weighted by molar-refractivity contribution is 7.92. The van der Waals surface area contributed by atoms with Crippen LogP contribution in [-0.2, 0) is 14.8 Å². The van der Waals surface area contributed by atoms with Gasteiger partial charge in [0.15, 0.2) is 0 Å². The number of nitrogens with zero attached hydrogens (tertiary/aromatic N) is 1. The first-order valence-electron chi connectivity index (χ1n) is 6.60. The van der Waals surface area contributed by atoms with Crippen LogP contribution in [0.25, 0.3) is 0 Å². The van der Waals surface area contributed by atoms with Crippen molar-refractivity contribution in [3.8, 4) is 5.75 Å². The van der Waals surface area contributed by atoms with Gasteiger partial charge in [0, 0.05) is 18.9 Å². The molecule has 116 valence electrons. The first kappa shape index (κ1) is 16.1. The topological polar surface area (TPSA) is 63.7 Å². The number of ether oxygens (including phenoxy) is 1. The van der Waals surface area contributed by atoms with Crippen molar-refractivity contribution in [1.82, 2.24) is 0 Å². The third-order valence-corrected chi connectivity index (χ3v) is 5.09. The Morgan fingerprint density at radius 3 is 2.76 bits per heavy atom. The minimum atomic E-state index is -3.33. The highest BCUT2D eigenvalue weighted by Gasteiger charge is 2.33. The zero-order valence-corrected chi connectivity index (χ0v) is 13.6. The van der Waals surface area contributed by atoms with Crippen LogP contribution >= 0.6 is 11.6 Å². The van der Waals surface area contributed by atoms with Gasteiger partial charge in [0.25, 0.3) is 0 Å². The molecule has 0 bridgehead atoms. The fourth-order valence-corrected chi connectivity index (χ4v) is 3.68. The third kappa shape index (κ3) is 3.49. The van der Waals surface area contributed by atoms with Crippen molar-refractivity contribution in [2.45, 2.75) is 18.8 Å². The van der Waals surface area contributed by atoms with Gasteiger partial charge in [-0.2, -0.15) is 0 Å². The molecule has 0 aromatic heterocycles. The van der Waals surface area contributed by atoms with Crippen molar-refractivity contribution in [2.24, 2.45) is 0 Å². The second-order valence-corrected chi connectivity index (χ2v) is 7.30. The number of alkyl halides is 1. The number of benzene rings is 1. The normalized spacial score (nSPS) is 17.7. The van der Waals surface area contributed by atoms with Crippen LogP contribution < -0.4 is 9.04 Å². The van der Waals surface area contributed by atoms with Gasteiger partial charge in [0.1, 0.15) is 11.5 Å². The van der Waals surface area contributed by atoms with Crippen molar-refractivity contribution < 1.29 is 17.9 Å². The zero-order chi connectivity index (χ0) is 15.6. The van der Waals surface area contributed by atoms with Gasteiger partial charge >= 0.3 is 0 Å². The lowest BCUT2D eigenvalue weighted by Gasteiger charge is -2.17. The van der Waals surface area contributed by atoms with Crippen molar-refractivity contribution in [2.75, 3.05) is 30.1 Å². The molecule has 5 nitrogen and oxygen atoms in total. The van der Waals surface area contributed by atoms with Gasteiger partial charge in [-0.1, -0.05) is 0 Å². The Morgan fingerprint density at radius 1 is 1.48 bits per heavy atom. The fourth-order valence-electron chi connectivity index (χ4n) is 2.57. The smallest absolute Gasteiger partial charge is 0.232 e. The highest BCUT2D eigenvalue weighted by atomic mass is 35.5. The predicted molar refractivity (Wildman–Crippen MR) is 82.9 cm³/mol. The molecule has 0 fully saturated rings. The monoisotopic (exact) mass is 331 g/mol. The number of ketones is 1. The van der Waals surface area contributed by atoms with Gasteiger partial charge in [-0.25, -0.2) is 8.42 Å². The van der Waals surface area contributed by atoms with Crippen LogP contribution in [0.5, 0.6) is 5.75 Å². The van der Waals surface area contributed by atoms with Gasteiger partial charge in [-0.05, 0) is 30.2 Å². The number of Topliss-reactive ketones (excluding diaryl/α,β-unsaturated/α-hetero) is 1. The first-order chi connectivity index (χ1) is 9.86. The predicted octanol–water partition coefficient (Wildman–Crippen LogP) is 2.15. The quantitative estimate of drug-likeness (QED) is 0.749. The molecule has 1 atom stereocenters. The summed E-state index contributed by atoms with van der Waals surface area (Å²) in [7, 11) is -1.76. The number of methoxy groups -OCH3 is 1. The molecule has 1 aliphatic heterocycles. The maximum Gasteiger partial charge on any atom is 0.232 e. The molecule has 1 aliphatic rings. The van der Waals surface area contributed by atoms with E-state index in [9.17, 15) is 13.2 Å². The van der Waals surface area contributed by atoms with E-state index >= 15 is 0 Å². The number of halogens is 1. The molecule has 21 heavy (non-hydrogen) atoms. The van der Waals surface area contributed by atoms with E-state index < -0.39 is 10.0 Å². The molecule has 1 aromatic carbocycles. The Balaban J connectivity index is 2.32. The molecule has 0 amide bonds. The average Bonchev–Trinajstić information content (AvgIpc) is 2.82. The van der Waals surface area contributed by atoms with E-state index in [1.807, 2.05) is 6.07 Å².